The van der Waals surface area contributed by atoms with E-state index in [2.05, 4.69) is 25.7 Å². The Balaban J connectivity index is 1.33. The molecule has 0 spiro atoms. The van der Waals surface area contributed by atoms with E-state index in [1.54, 1.807) is 18.6 Å². The number of aromatic nitrogens is 4. The highest BCUT2D eigenvalue weighted by atomic mass is 16.2. The molecule has 5 aromatic rings. The standard InChI is InChI=1S/C24H20N6O2/c31-23-20(22-12-17-14-25-10-9-21(17)29-22)15-27-30(23)19-8-4-5-16(11-19)13-26-24(32)28-18-6-2-1-3-7-18/h1-12,14-15,27,29H,13H2,(H2,26,28,32). The van der Waals surface area contributed by atoms with Crippen LogP contribution in [0.25, 0.3) is 27.8 Å². The van der Waals surface area contributed by atoms with Crippen LogP contribution in [0.1, 0.15) is 5.56 Å². The second kappa shape index (κ2) is 8.27. The number of hydrogen-bond acceptors (Lipinski definition) is 3. The number of H-pyrrole nitrogens is 2. The van der Waals surface area contributed by atoms with Gasteiger partial charge in [0.25, 0.3) is 5.56 Å². The van der Waals surface area contributed by atoms with Crippen molar-refractivity contribution in [2.45, 2.75) is 6.54 Å². The third-order valence-electron chi connectivity index (χ3n) is 5.14. The van der Waals surface area contributed by atoms with Gasteiger partial charge in [0, 0.05) is 41.7 Å². The topological polar surface area (TPSA) is 108 Å². The Morgan fingerprint density at radius 3 is 2.75 bits per heavy atom. The Hall–Kier alpha value is -4.59. The zero-order valence-electron chi connectivity index (χ0n) is 17.0. The number of anilines is 1. The predicted octanol–water partition coefficient (Wildman–Crippen LogP) is 4.03. The van der Waals surface area contributed by atoms with Crippen molar-refractivity contribution < 1.29 is 4.79 Å². The zero-order chi connectivity index (χ0) is 21.9. The Morgan fingerprint density at radius 2 is 1.91 bits per heavy atom. The molecule has 2 aromatic carbocycles. The first-order valence-electron chi connectivity index (χ1n) is 10.1. The molecular weight excluding hydrogens is 404 g/mol. The van der Waals surface area contributed by atoms with Crippen LogP contribution < -0.4 is 16.2 Å². The lowest BCUT2D eigenvalue weighted by atomic mass is 10.2. The fourth-order valence-electron chi connectivity index (χ4n) is 3.56. The molecule has 4 N–H and O–H groups in total. The zero-order valence-corrected chi connectivity index (χ0v) is 17.0. The summed E-state index contributed by atoms with van der Waals surface area (Å²) in [6.45, 7) is 0.323. The van der Waals surface area contributed by atoms with E-state index >= 15 is 0 Å². The molecule has 2 amide bonds. The smallest absolute Gasteiger partial charge is 0.319 e. The molecule has 0 aliphatic carbocycles. The normalized spacial score (nSPS) is 10.9. The molecule has 32 heavy (non-hydrogen) atoms. The van der Waals surface area contributed by atoms with E-state index in [9.17, 15) is 9.59 Å². The summed E-state index contributed by atoms with van der Waals surface area (Å²) in [4.78, 5) is 32.5. The number of carbonyl (C=O) groups excluding carboxylic acids is 1. The molecule has 8 nitrogen and oxygen atoms in total. The predicted molar refractivity (Wildman–Crippen MR) is 124 cm³/mol. The summed E-state index contributed by atoms with van der Waals surface area (Å²) in [6.07, 6.45) is 5.14. The second-order valence-electron chi connectivity index (χ2n) is 7.32. The maximum absolute atomic E-state index is 13.0. The summed E-state index contributed by atoms with van der Waals surface area (Å²) in [5.41, 5.74) is 4.28. The van der Waals surface area contributed by atoms with Gasteiger partial charge in [-0.15, -0.1) is 0 Å². The van der Waals surface area contributed by atoms with Crippen LogP contribution >= 0.6 is 0 Å². The molecular formula is C24H20N6O2. The van der Waals surface area contributed by atoms with Crippen LogP contribution in [0.2, 0.25) is 0 Å². The van der Waals surface area contributed by atoms with Crippen molar-refractivity contribution in [1.29, 1.82) is 0 Å². The number of urea groups is 1. The molecule has 5 rings (SSSR count). The molecule has 0 fully saturated rings. The summed E-state index contributed by atoms with van der Waals surface area (Å²) in [5, 5.41) is 9.58. The third-order valence-corrected chi connectivity index (χ3v) is 5.14. The highest BCUT2D eigenvalue weighted by Gasteiger charge is 2.13. The molecule has 0 bridgehead atoms. The lowest BCUT2D eigenvalue weighted by molar-refractivity contribution is 0.251. The van der Waals surface area contributed by atoms with Gasteiger partial charge in [0.1, 0.15) is 0 Å². The first-order valence-corrected chi connectivity index (χ1v) is 10.1. The molecule has 0 atom stereocenters. The number of pyridine rings is 1. The van der Waals surface area contributed by atoms with Crippen molar-refractivity contribution >= 4 is 22.6 Å². The minimum absolute atomic E-state index is 0.170. The van der Waals surface area contributed by atoms with Gasteiger partial charge in [-0.05, 0) is 42.0 Å². The molecule has 8 heteroatoms. The average Bonchev–Trinajstić information content (AvgIpc) is 3.42. The van der Waals surface area contributed by atoms with E-state index < -0.39 is 0 Å². The van der Waals surface area contributed by atoms with Gasteiger partial charge in [-0.1, -0.05) is 30.3 Å². The summed E-state index contributed by atoms with van der Waals surface area (Å²) >= 11 is 0. The van der Waals surface area contributed by atoms with Gasteiger partial charge >= 0.3 is 6.03 Å². The van der Waals surface area contributed by atoms with Gasteiger partial charge in [-0.25, -0.2) is 9.48 Å². The number of para-hydroxylation sites is 1. The lowest BCUT2D eigenvalue weighted by Crippen LogP contribution is -2.28. The Labute approximate surface area is 182 Å². The highest BCUT2D eigenvalue weighted by molar-refractivity contribution is 5.89. The van der Waals surface area contributed by atoms with E-state index in [1.807, 2.05) is 66.7 Å². The van der Waals surface area contributed by atoms with Crippen LogP contribution in [0.15, 0.2) is 90.1 Å². The van der Waals surface area contributed by atoms with E-state index in [4.69, 9.17) is 0 Å². The first-order chi connectivity index (χ1) is 15.7. The minimum Gasteiger partial charge on any atom is -0.354 e. The quantitative estimate of drug-likeness (QED) is 0.342. The van der Waals surface area contributed by atoms with Crippen LogP contribution in [-0.4, -0.2) is 25.8 Å². The van der Waals surface area contributed by atoms with Crippen LogP contribution in [0.5, 0.6) is 0 Å². The third kappa shape index (κ3) is 3.89. The highest BCUT2D eigenvalue weighted by Crippen LogP contribution is 2.21. The fourth-order valence-corrected chi connectivity index (χ4v) is 3.56. The number of fused-ring (bicyclic) bond motifs is 1. The fraction of sp³-hybridized carbons (Fsp3) is 0.0417. The van der Waals surface area contributed by atoms with Crippen LogP contribution in [0.3, 0.4) is 0 Å². The van der Waals surface area contributed by atoms with Gasteiger partial charge in [-0.3, -0.25) is 14.9 Å². The van der Waals surface area contributed by atoms with Gasteiger partial charge < -0.3 is 15.6 Å². The van der Waals surface area contributed by atoms with Crippen LogP contribution in [0.4, 0.5) is 10.5 Å². The number of aromatic amines is 2. The minimum atomic E-state index is -0.297. The Kier molecular flexibility index (Phi) is 5.01. The van der Waals surface area contributed by atoms with Crippen molar-refractivity contribution in [3.63, 3.8) is 0 Å². The molecule has 158 valence electrons. The number of rotatable bonds is 5. The lowest BCUT2D eigenvalue weighted by Gasteiger charge is -2.09. The van der Waals surface area contributed by atoms with Crippen molar-refractivity contribution in [2.24, 2.45) is 0 Å². The Bertz CT molecular complexity index is 1420. The largest absolute Gasteiger partial charge is 0.354 e. The van der Waals surface area contributed by atoms with Gasteiger partial charge in [-0.2, -0.15) is 0 Å². The van der Waals surface area contributed by atoms with E-state index in [0.717, 1.165) is 27.8 Å². The Morgan fingerprint density at radius 1 is 1.03 bits per heavy atom. The first kappa shape index (κ1) is 19.4. The summed E-state index contributed by atoms with van der Waals surface area (Å²) in [7, 11) is 0. The van der Waals surface area contributed by atoms with Crippen LogP contribution in [0, 0.1) is 0 Å². The maximum Gasteiger partial charge on any atom is 0.319 e. The van der Waals surface area contributed by atoms with Crippen molar-refractivity contribution in [2.75, 3.05) is 5.32 Å². The van der Waals surface area contributed by atoms with Gasteiger partial charge in [0.05, 0.1) is 16.9 Å². The van der Waals surface area contributed by atoms with Crippen LogP contribution in [-0.2, 0) is 6.54 Å². The molecule has 0 radical (unpaired) electrons. The molecule has 0 aliphatic rings. The number of benzene rings is 2. The van der Waals surface area contributed by atoms with Crippen molar-refractivity contribution in [3.05, 3.63) is 101 Å². The molecule has 3 aromatic heterocycles. The van der Waals surface area contributed by atoms with E-state index in [-0.39, 0.29) is 11.6 Å². The monoisotopic (exact) mass is 424 g/mol. The number of nitrogens with zero attached hydrogens (tertiary/aromatic N) is 2. The maximum atomic E-state index is 13.0. The van der Waals surface area contributed by atoms with Crippen molar-refractivity contribution in [1.82, 2.24) is 25.1 Å². The molecule has 0 aliphatic heterocycles. The average molecular weight is 424 g/mol. The molecule has 0 saturated heterocycles. The van der Waals surface area contributed by atoms with Gasteiger partial charge in [0.2, 0.25) is 0 Å². The van der Waals surface area contributed by atoms with E-state index in [1.165, 1.54) is 4.68 Å². The molecule has 0 unspecified atom stereocenters. The summed E-state index contributed by atoms with van der Waals surface area (Å²) in [6, 6.07) is 20.2. The SMILES string of the molecule is O=C(NCc1cccc(-n2[nH]cc(-c3cc4cnccc4[nH]3)c2=O)c1)Nc1ccccc1. The molecule has 0 saturated carbocycles. The van der Waals surface area contributed by atoms with Crippen molar-refractivity contribution in [3.8, 4) is 16.9 Å². The number of nitrogens with one attached hydrogen (secondary N) is 4. The van der Waals surface area contributed by atoms with E-state index in [0.29, 0.717) is 17.8 Å². The number of amides is 2. The van der Waals surface area contributed by atoms with Gasteiger partial charge in [0.15, 0.2) is 0 Å². The summed E-state index contributed by atoms with van der Waals surface area (Å²) < 4.78 is 1.48. The number of hydrogen-bond donors (Lipinski definition) is 4. The molecule has 3 heterocycles. The number of carbonyl (C=O) groups is 1. The second-order valence-corrected chi connectivity index (χ2v) is 7.32. The summed E-state index contributed by atoms with van der Waals surface area (Å²) in [5.74, 6) is 0.